The molecule has 1 N–H and O–H groups in total. The zero-order chi connectivity index (χ0) is 15.5. The fraction of sp³-hybridized carbons (Fsp3) is 0.222. The van der Waals surface area contributed by atoms with Gasteiger partial charge in [-0.15, -0.1) is 0 Å². The van der Waals surface area contributed by atoms with Crippen LogP contribution in [0.5, 0.6) is 0 Å². The Labute approximate surface area is 128 Å². The summed E-state index contributed by atoms with van der Waals surface area (Å²) < 4.78 is 12.9. The molecule has 1 amide bonds. The molecule has 0 spiro atoms. The Morgan fingerprint density at radius 2 is 2.05 bits per heavy atom. The summed E-state index contributed by atoms with van der Waals surface area (Å²) >= 11 is 0. The first kappa shape index (κ1) is 14.3. The highest BCUT2D eigenvalue weighted by molar-refractivity contribution is 5.82. The number of rotatable bonds is 4. The van der Waals surface area contributed by atoms with Gasteiger partial charge in [0.25, 0.3) is 0 Å². The molecule has 0 saturated heterocycles. The summed E-state index contributed by atoms with van der Waals surface area (Å²) in [6.07, 6.45) is 0.801. The van der Waals surface area contributed by atoms with Gasteiger partial charge in [0.2, 0.25) is 5.91 Å². The topological polar surface area (TPSA) is 52.9 Å². The molecule has 1 aliphatic rings. The summed E-state index contributed by atoms with van der Waals surface area (Å²) in [6.45, 7) is 0.418. The van der Waals surface area contributed by atoms with E-state index < -0.39 is 0 Å². The minimum atomic E-state index is -0.261. The molecule has 0 radical (unpaired) electrons. The maximum absolute atomic E-state index is 12.9. The van der Waals surface area contributed by atoms with Crippen LogP contribution >= 0.6 is 0 Å². The predicted octanol–water partition coefficient (Wildman–Crippen LogP) is 3.12. The summed E-state index contributed by atoms with van der Waals surface area (Å²) in [5.41, 5.74) is 2.50. The Hall–Kier alpha value is -2.67. The lowest BCUT2D eigenvalue weighted by Crippen LogP contribution is -2.24. The van der Waals surface area contributed by atoms with Gasteiger partial charge >= 0.3 is 0 Å². The van der Waals surface area contributed by atoms with E-state index in [2.05, 4.69) is 11.4 Å². The average Bonchev–Trinajstić information content (AvgIpc) is 3.34. The summed E-state index contributed by atoms with van der Waals surface area (Å²) in [5.74, 6) is -0.102. The second kappa shape index (κ2) is 5.98. The largest absolute Gasteiger partial charge is 0.352 e. The van der Waals surface area contributed by atoms with Crippen LogP contribution in [0.25, 0.3) is 0 Å². The van der Waals surface area contributed by atoms with E-state index in [4.69, 9.17) is 5.26 Å². The summed E-state index contributed by atoms with van der Waals surface area (Å²) in [7, 11) is 0. The summed E-state index contributed by atoms with van der Waals surface area (Å²) in [6, 6.07) is 15.6. The Kier molecular flexibility index (Phi) is 3.88. The number of nitrogens with one attached hydrogen (secondary N) is 1. The highest BCUT2D eigenvalue weighted by atomic mass is 19.1. The number of carbonyl (C=O) groups is 1. The number of halogens is 1. The maximum atomic E-state index is 12.9. The van der Waals surface area contributed by atoms with E-state index in [0.29, 0.717) is 12.1 Å². The molecule has 110 valence electrons. The highest BCUT2D eigenvalue weighted by Gasteiger charge is 2.43. The van der Waals surface area contributed by atoms with Gasteiger partial charge in [0, 0.05) is 12.5 Å². The van der Waals surface area contributed by atoms with Gasteiger partial charge < -0.3 is 5.32 Å². The van der Waals surface area contributed by atoms with Crippen LogP contribution in [0.15, 0.2) is 48.5 Å². The monoisotopic (exact) mass is 294 g/mol. The molecular formula is C18H15FN2O. The highest BCUT2D eigenvalue weighted by Crippen LogP contribution is 2.47. The van der Waals surface area contributed by atoms with Crippen molar-refractivity contribution in [2.45, 2.75) is 18.9 Å². The molecule has 0 aromatic heterocycles. The van der Waals surface area contributed by atoms with E-state index in [1.807, 2.05) is 6.07 Å². The van der Waals surface area contributed by atoms with Crippen LogP contribution in [0.1, 0.15) is 29.0 Å². The molecule has 0 heterocycles. The molecule has 2 aromatic carbocycles. The van der Waals surface area contributed by atoms with Gasteiger partial charge in [0.1, 0.15) is 5.82 Å². The lowest BCUT2D eigenvalue weighted by Gasteiger charge is -2.05. The van der Waals surface area contributed by atoms with E-state index in [-0.39, 0.29) is 23.6 Å². The van der Waals surface area contributed by atoms with Crippen LogP contribution in [-0.4, -0.2) is 5.91 Å². The minimum absolute atomic E-state index is 0.0108. The van der Waals surface area contributed by atoms with Crippen molar-refractivity contribution < 1.29 is 9.18 Å². The fourth-order valence-electron chi connectivity index (χ4n) is 2.63. The molecular weight excluding hydrogens is 279 g/mol. The van der Waals surface area contributed by atoms with Crippen LogP contribution in [0.4, 0.5) is 4.39 Å². The Morgan fingerprint density at radius 1 is 1.27 bits per heavy atom. The van der Waals surface area contributed by atoms with Gasteiger partial charge in [-0.05, 0) is 47.7 Å². The molecule has 1 saturated carbocycles. The van der Waals surface area contributed by atoms with Crippen molar-refractivity contribution in [1.29, 1.82) is 5.26 Å². The molecule has 0 aliphatic heterocycles. The average molecular weight is 294 g/mol. The van der Waals surface area contributed by atoms with Gasteiger partial charge in [-0.2, -0.15) is 5.26 Å². The maximum Gasteiger partial charge on any atom is 0.224 e. The second-order valence-corrected chi connectivity index (χ2v) is 5.53. The number of nitrogens with zero attached hydrogens (tertiary/aromatic N) is 1. The summed E-state index contributed by atoms with van der Waals surface area (Å²) in [4.78, 5) is 12.1. The van der Waals surface area contributed by atoms with Crippen LogP contribution in [0.2, 0.25) is 0 Å². The van der Waals surface area contributed by atoms with Crippen LogP contribution in [0.3, 0.4) is 0 Å². The van der Waals surface area contributed by atoms with E-state index in [0.717, 1.165) is 17.5 Å². The van der Waals surface area contributed by atoms with Crippen LogP contribution < -0.4 is 5.32 Å². The smallest absolute Gasteiger partial charge is 0.224 e. The number of benzene rings is 2. The third-order valence-electron chi connectivity index (χ3n) is 3.95. The molecule has 1 aliphatic carbocycles. The van der Waals surface area contributed by atoms with Crippen molar-refractivity contribution in [3.05, 3.63) is 71.0 Å². The molecule has 3 rings (SSSR count). The lowest BCUT2D eigenvalue weighted by atomic mass is 10.1. The predicted molar refractivity (Wildman–Crippen MR) is 80.3 cm³/mol. The van der Waals surface area contributed by atoms with Gasteiger partial charge in [0.15, 0.2) is 0 Å². The molecule has 22 heavy (non-hydrogen) atoms. The van der Waals surface area contributed by atoms with Gasteiger partial charge in [-0.1, -0.05) is 24.3 Å². The van der Waals surface area contributed by atoms with Crippen molar-refractivity contribution in [3.63, 3.8) is 0 Å². The normalized spacial score (nSPS) is 19.3. The Bertz CT molecular complexity index is 733. The first-order valence-corrected chi connectivity index (χ1v) is 7.19. The number of nitriles is 1. The molecule has 2 atom stereocenters. The second-order valence-electron chi connectivity index (χ2n) is 5.53. The SMILES string of the molecule is N#Cc1cccc(CNC(=O)C2CC2c2ccc(F)cc2)c1. The Balaban J connectivity index is 1.55. The fourth-order valence-corrected chi connectivity index (χ4v) is 2.63. The molecule has 3 nitrogen and oxygen atoms in total. The van der Waals surface area contributed by atoms with E-state index >= 15 is 0 Å². The van der Waals surface area contributed by atoms with Gasteiger partial charge in [0.05, 0.1) is 11.6 Å². The number of hydrogen-bond donors (Lipinski definition) is 1. The van der Waals surface area contributed by atoms with Crippen molar-refractivity contribution >= 4 is 5.91 Å². The first-order valence-electron chi connectivity index (χ1n) is 7.19. The molecule has 1 fully saturated rings. The zero-order valence-electron chi connectivity index (χ0n) is 11.9. The quantitative estimate of drug-likeness (QED) is 0.942. The van der Waals surface area contributed by atoms with Crippen LogP contribution in [-0.2, 0) is 11.3 Å². The van der Waals surface area contributed by atoms with Crippen molar-refractivity contribution in [2.24, 2.45) is 5.92 Å². The third-order valence-corrected chi connectivity index (χ3v) is 3.95. The van der Waals surface area contributed by atoms with E-state index in [9.17, 15) is 9.18 Å². The van der Waals surface area contributed by atoms with E-state index in [1.54, 1.807) is 30.3 Å². The van der Waals surface area contributed by atoms with Crippen molar-refractivity contribution in [2.75, 3.05) is 0 Å². The zero-order valence-corrected chi connectivity index (χ0v) is 11.9. The standard InChI is InChI=1S/C18H15FN2O/c19-15-6-4-14(5-7-15)16-9-17(16)18(22)21-11-13-3-1-2-12(8-13)10-20/h1-8,16-17H,9,11H2,(H,21,22). The lowest BCUT2D eigenvalue weighted by molar-refractivity contribution is -0.122. The third kappa shape index (κ3) is 3.15. The Morgan fingerprint density at radius 3 is 2.77 bits per heavy atom. The number of amides is 1. The van der Waals surface area contributed by atoms with Gasteiger partial charge in [-0.3, -0.25) is 4.79 Å². The number of hydrogen-bond acceptors (Lipinski definition) is 2. The van der Waals surface area contributed by atoms with Crippen molar-refractivity contribution in [3.8, 4) is 6.07 Å². The molecule has 2 unspecified atom stereocenters. The van der Waals surface area contributed by atoms with E-state index in [1.165, 1.54) is 12.1 Å². The van der Waals surface area contributed by atoms with Gasteiger partial charge in [-0.25, -0.2) is 4.39 Å². The van der Waals surface area contributed by atoms with Crippen LogP contribution in [0, 0.1) is 23.1 Å². The molecule has 0 bridgehead atoms. The minimum Gasteiger partial charge on any atom is -0.352 e. The molecule has 4 heteroatoms. The van der Waals surface area contributed by atoms with Crippen molar-refractivity contribution in [1.82, 2.24) is 5.32 Å². The first-order chi connectivity index (χ1) is 10.7. The summed E-state index contributed by atoms with van der Waals surface area (Å²) in [5, 5.41) is 11.8. The number of carbonyl (C=O) groups excluding carboxylic acids is 1. The molecule has 2 aromatic rings.